The quantitative estimate of drug-likeness (QED) is 0.616. The molecule has 3 rings (SSSR count). The Hall–Kier alpha value is -2.70. The highest BCUT2D eigenvalue weighted by molar-refractivity contribution is 6.20. The fourth-order valence-electron chi connectivity index (χ4n) is 2.85. The molecule has 1 aromatic carbocycles. The van der Waals surface area contributed by atoms with Crippen molar-refractivity contribution >= 4 is 23.8 Å². The van der Waals surface area contributed by atoms with Crippen LogP contribution in [0.1, 0.15) is 54.3 Å². The smallest absolute Gasteiger partial charge is 0.337 e. The van der Waals surface area contributed by atoms with E-state index in [1.165, 1.54) is 12.1 Å². The van der Waals surface area contributed by atoms with E-state index in [4.69, 9.17) is 9.57 Å². The molecule has 0 spiro atoms. The van der Waals surface area contributed by atoms with Crippen LogP contribution < -0.4 is 0 Å². The largest absolute Gasteiger partial charge is 0.460 e. The first-order chi connectivity index (χ1) is 11.7. The second-order valence-electron chi connectivity index (χ2n) is 7.18. The normalized spacial score (nSPS) is 22.3. The van der Waals surface area contributed by atoms with Gasteiger partial charge >= 0.3 is 11.9 Å². The molecule has 7 heteroatoms. The summed E-state index contributed by atoms with van der Waals surface area (Å²) >= 11 is 0. The average Bonchev–Trinajstić information content (AvgIpc) is 2.70. The van der Waals surface area contributed by atoms with Gasteiger partial charge in [-0.2, -0.15) is 0 Å². The SMILES string of the molecule is CC(C)(C)OC(=O)[C@H]1CC[C@H]1C(=O)ON1C(=O)c2ccccc2C1=O. The molecule has 0 N–H and O–H groups in total. The fourth-order valence-corrected chi connectivity index (χ4v) is 2.85. The van der Waals surface area contributed by atoms with E-state index in [1.807, 2.05) is 0 Å². The Labute approximate surface area is 144 Å². The molecule has 1 aromatic rings. The number of nitrogens with zero attached hydrogens (tertiary/aromatic N) is 1. The predicted molar refractivity (Wildman–Crippen MR) is 85.1 cm³/mol. The van der Waals surface area contributed by atoms with Crippen LogP contribution >= 0.6 is 0 Å². The average molecular weight is 345 g/mol. The van der Waals surface area contributed by atoms with Crippen molar-refractivity contribution in [2.45, 2.75) is 39.2 Å². The Morgan fingerprint density at radius 2 is 1.44 bits per heavy atom. The standard InChI is InChI=1S/C18H19NO6/c1-18(2,3)24-16(22)12-8-9-13(12)17(23)25-19-14(20)10-6-4-5-7-11(10)15(19)21/h4-7,12-13H,8-9H2,1-3H3/t12-,13+/m0/s1. The van der Waals surface area contributed by atoms with E-state index in [1.54, 1.807) is 32.9 Å². The van der Waals surface area contributed by atoms with Gasteiger partial charge < -0.3 is 9.57 Å². The summed E-state index contributed by atoms with van der Waals surface area (Å²) < 4.78 is 5.29. The van der Waals surface area contributed by atoms with E-state index in [9.17, 15) is 19.2 Å². The number of esters is 1. The molecular formula is C18H19NO6. The number of ether oxygens (including phenoxy) is 1. The molecule has 1 saturated carbocycles. The topological polar surface area (TPSA) is 90.0 Å². The van der Waals surface area contributed by atoms with Crippen LogP contribution in [0.25, 0.3) is 0 Å². The van der Waals surface area contributed by atoms with Gasteiger partial charge in [-0.25, -0.2) is 4.79 Å². The third-order valence-electron chi connectivity index (χ3n) is 4.22. The molecule has 0 bridgehead atoms. The molecule has 2 atom stereocenters. The molecule has 1 aliphatic carbocycles. The van der Waals surface area contributed by atoms with Crippen LogP contribution in [0, 0.1) is 11.8 Å². The van der Waals surface area contributed by atoms with Crippen molar-refractivity contribution < 1.29 is 28.8 Å². The van der Waals surface area contributed by atoms with Crippen molar-refractivity contribution in [1.29, 1.82) is 0 Å². The lowest BCUT2D eigenvalue weighted by molar-refractivity contribution is -0.187. The molecule has 0 saturated heterocycles. The number of hydrogen-bond acceptors (Lipinski definition) is 6. The van der Waals surface area contributed by atoms with Crippen molar-refractivity contribution in [2.75, 3.05) is 0 Å². The molecule has 7 nitrogen and oxygen atoms in total. The van der Waals surface area contributed by atoms with E-state index in [0.29, 0.717) is 17.9 Å². The Balaban J connectivity index is 1.67. The Morgan fingerprint density at radius 1 is 0.960 bits per heavy atom. The summed E-state index contributed by atoms with van der Waals surface area (Å²) in [4.78, 5) is 53.9. The van der Waals surface area contributed by atoms with Gasteiger partial charge in [-0.05, 0) is 45.7 Å². The van der Waals surface area contributed by atoms with Crippen molar-refractivity contribution in [3.63, 3.8) is 0 Å². The zero-order valence-electron chi connectivity index (χ0n) is 14.3. The fraction of sp³-hybridized carbons (Fsp3) is 0.444. The van der Waals surface area contributed by atoms with Gasteiger partial charge in [0.15, 0.2) is 0 Å². The number of hydroxylamine groups is 2. The Bertz CT molecular complexity index is 728. The summed E-state index contributed by atoms with van der Waals surface area (Å²) in [7, 11) is 0. The summed E-state index contributed by atoms with van der Waals surface area (Å²) in [5.74, 6) is -3.91. The zero-order chi connectivity index (χ0) is 18.4. The van der Waals surface area contributed by atoms with Crippen LogP contribution in [0.4, 0.5) is 0 Å². The van der Waals surface area contributed by atoms with Crippen LogP contribution in [-0.4, -0.2) is 34.4 Å². The number of amides is 2. The first-order valence-electron chi connectivity index (χ1n) is 8.11. The summed E-state index contributed by atoms with van der Waals surface area (Å²) in [6.07, 6.45) is 0.961. The highest BCUT2D eigenvalue weighted by Gasteiger charge is 2.47. The van der Waals surface area contributed by atoms with Gasteiger partial charge in [0.25, 0.3) is 11.8 Å². The minimum absolute atomic E-state index is 0.192. The number of fused-ring (bicyclic) bond motifs is 1. The lowest BCUT2D eigenvalue weighted by Crippen LogP contribution is -2.45. The van der Waals surface area contributed by atoms with Crippen LogP contribution in [0.3, 0.4) is 0 Å². The molecule has 1 fully saturated rings. The van der Waals surface area contributed by atoms with E-state index >= 15 is 0 Å². The predicted octanol–water partition coefficient (Wildman–Crippen LogP) is 2.11. The number of carbonyl (C=O) groups excluding carboxylic acids is 4. The molecule has 0 radical (unpaired) electrons. The monoisotopic (exact) mass is 345 g/mol. The summed E-state index contributed by atoms with van der Waals surface area (Å²) in [5.41, 5.74) is -0.265. The second-order valence-corrected chi connectivity index (χ2v) is 7.18. The van der Waals surface area contributed by atoms with Gasteiger partial charge in [-0.15, -0.1) is 0 Å². The van der Waals surface area contributed by atoms with E-state index in [2.05, 4.69) is 0 Å². The lowest BCUT2D eigenvalue weighted by Gasteiger charge is -2.35. The molecule has 132 valence electrons. The van der Waals surface area contributed by atoms with Gasteiger partial charge in [0.1, 0.15) is 5.60 Å². The Kier molecular flexibility index (Phi) is 4.10. The number of carbonyl (C=O) groups is 4. The molecule has 2 amide bonds. The minimum Gasteiger partial charge on any atom is -0.460 e. The minimum atomic E-state index is -0.767. The second kappa shape index (κ2) is 5.98. The molecule has 25 heavy (non-hydrogen) atoms. The molecule has 0 aromatic heterocycles. The third kappa shape index (κ3) is 3.14. The van der Waals surface area contributed by atoms with Crippen molar-refractivity contribution in [1.82, 2.24) is 5.06 Å². The maximum absolute atomic E-state index is 12.3. The van der Waals surface area contributed by atoms with Crippen LogP contribution in [0.15, 0.2) is 24.3 Å². The highest BCUT2D eigenvalue weighted by atomic mass is 16.7. The van der Waals surface area contributed by atoms with Gasteiger partial charge in [0.2, 0.25) is 0 Å². The summed E-state index contributed by atoms with van der Waals surface area (Å²) in [5, 5.41) is 0.470. The van der Waals surface area contributed by atoms with Gasteiger partial charge in [-0.1, -0.05) is 17.2 Å². The molecule has 1 heterocycles. The van der Waals surface area contributed by atoms with Crippen LogP contribution in [0.5, 0.6) is 0 Å². The number of hydrogen-bond donors (Lipinski definition) is 0. The first kappa shape index (κ1) is 17.1. The summed E-state index contributed by atoms with van der Waals surface area (Å²) in [6.45, 7) is 5.24. The number of imide groups is 1. The maximum atomic E-state index is 12.3. The van der Waals surface area contributed by atoms with Crippen molar-refractivity contribution in [3.8, 4) is 0 Å². The first-order valence-corrected chi connectivity index (χ1v) is 8.11. The third-order valence-corrected chi connectivity index (χ3v) is 4.22. The van der Waals surface area contributed by atoms with Crippen molar-refractivity contribution in [3.05, 3.63) is 35.4 Å². The van der Waals surface area contributed by atoms with Crippen LogP contribution in [-0.2, 0) is 19.2 Å². The van der Waals surface area contributed by atoms with Gasteiger partial charge in [-0.3, -0.25) is 14.4 Å². The zero-order valence-corrected chi connectivity index (χ0v) is 14.3. The molecular weight excluding hydrogens is 326 g/mol. The molecule has 2 aliphatic rings. The van der Waals surface area contributed by atoms with E-state index < -0.39 is 41.2 Å². The molecule has 1 aliphatic heterocycles. The van der Waals surface area contributed by atoms with Crippen LogP contribution in [0.2, 0.25) is 0 Å². The van der Waals surface area contributed by atoms with Gasteiger partial charge in [0, 0.05) is 0 Å². The van der Waals surface area contributed by atoms with Crippen molar-refractivity contribution in [2.24, 2.45) is 11.8 Å². The number of benzene rings is 1. The van der Waals surface area contributed by atoms with E-state index in [0.717, 1.165) is 0 Å². The van der Waals surface area contributed by atoms with Gasteiger partial charge in [0.05, 0.1) is 23.0 Å². The maximum Gasteiger partial charge on any atom is 0.337 e. The highest BCUT2D eigenvalue weighted by Crippen LogP contribution is 2.37. The summed E-state index contributed by atoms with van der Waals surface area (Å²) in [6, 6.07) is 6.24. The Morgan fingerprint density at radius 3 is 1.88 bits per heavy atom. The van der Waals surface area contributed by atoms with E-state index in [-0.39, 0.29) is 11.1 Å². The lowest BCUT2D eigenvalue weighted by atomic mass is 9.73. The number of rotatable bonds is 3. The molecule has 0 unspecified atom stereocenters.